The quantitative estimate of drug-likeness (QED) is 0.494. The van der Waals surface area contributed by atoms with Crippen LogP contribution in [0.1, 0.15) is 0 Å². The van der Waals surface area contributed by atoms with Crippen molar-refractivity contribution in [2.24, 2.45) is 0 Å². The Morgan fingerprint density at radius 1 is 0.789 bits per heavy atom. The average Bonchev–Trinajstić information content (AvgIpc) is 2.87. The Bertz CT molecular complexity index is 875. The highest BCUT2D eigenvalue weighted by Gasteiger charge is 2.54. The lowest BCUT2D eigenvalue weighted by Gasteiger charge is -2.15. The van der Waals surface area contributed by atoms with Crippen molar-refractivity contribution < 1.29 is 27.3 Å². The largest absolute Gasteiger partial charge is 0.647 e. The second kappa shape index (κ2) is 2.81. The van der Waals surface area contributed by atoms with E-state index in [1.54, 1.807) is 0 Å². The summed E-state index contributed by atoms with van der Waals surface area (Å²) < 4.78 is 37.6. The van der Waals surface area contributed by atoms with Crippen LogP contribution < -0.4 is 13.6 Å². The van der Waals surface area contributed by atoms with Gasteiger partial charge in [-0.25, -0.2) is 0 Å². The first-order valence-corrected chi connectivity index (χ1v) is 7.04. The van der Waals surface area contributed by atoms with Crippen LogP contribution in [0.3, 0.4) is 0 Å². The maximum atomic E-state index is 12.0. The van der Waals surface area contributed by atoms with Crippen molar-refractivity contribution in [1.82, 2.24) is 0 Å². The van der Waals surface area contributed by atoms with E-state index in [0.717, 1.165) is 5.56 Å². The van der Waals surface area contributed by atoms with E-state index in [0.29, 0.717) is 34.0 Å². The smallest absolute Gasteiger partial charge is 0.381 e. The molecular weight excluding hydrogens is 271 g/mol. The third-order valence-corrected chi connectivity index (χ3v) is 4.38. The van der Waals surface area contributed by atoms with Crippen molar-refractivity contribution in [3.8, 4) is 28.4 Å². The van der Waals surface area contributed by atoms with Gasteiger partial charge in [-0.3, -0.25) is 9.15 Å². The van der Waals surface area contributed by atoms with Crippen molar-refractivity contribution in [2.75, 3.05) is 0 Å². The molecular formula is C12H5O6P. The first kappa shape index (κ1) is 9.58. The first-order valence-electron chi connectivity index (χ1n) is 5.58. The van der Waals surface area contributed by atoms with Gasteiger partial charge in [0.1, 0.15) is 0 Å². The average molecular weight is 276 g/mol. The summed E-state index contributed by atoms with van der Waals surface area (Å²) in [6.07, 6.45) is 0. The summed E-state index contributed by atoms with van der Waals surface area (Å²) in [5, 5.41) is 0. The third kappa shape index (κ3) is 1.02. The second-order valence-electron chi connectivity index (χ2n) is 4.27. The van der Waals surface area contributed by atoms with Crippen LogP contribution >= 0.6 is 7.82 Å². The minimum Gasteiger partial charge on any atom is -0.381 e. The van der Waals surface area contributed by atoms with E-state index in [1.165, 1.54) is 0 Å². The molecule has 3 heterocycles. The number of hydrogen-bond acceptors (Lipinski definition) is 6. The fourth-order valence-electron chi connectivity index (χ4n) is 2.36. The Kier molecular flexibility index (Phi) is 1.41. The van der Waals surface area contributed by atoms with Gasteiger partial charge < -0.3 is 13.6 Å². The molecule has 6 nitrogen and oxygen atoms in total. The summed E-state index contributed by atoms with van der Waals surface area (Å²) in [5.41, 5.74) is 2.45. The zero-order valence-corrected chi connectivity index (χ0v) is 10.2. The summed E-state index contributed by atoms with van der Waals surface area (Å²) in [6.45, 7) is 0. The van der Waals surface area contributed by atoms with Gasteiger partial charge in [-0.1, -0.05) is 30.3 Å². The molecule has 2 aliphatic heterocycles. The fourth-order valence-corrected chi connectivity index (χ4v) is 3.64. The molecule has 0 N–H and O–H groups in total. The van der Waals surface area contributed by atoms with Gasteiger partial charge in [-0.05, 0) is 5.56 Å². The molecule has 2 bridgehead atoms. The predicted octanol–water partition coefficient (Wildman–Crippen LogP) is 3.96. The maximum Gasteiger partial charge on any atom is 0.647 e. The Hall–Kier alpha value is -2.33. The Balaban J connectivity index is 1.93. The molecule has 0 saturated carbocycles. The van der Waals surface area contributed by atoms with Gasteiger partial charge in [0.25, 0.3) is 5.58 Å². The Morgan fingerprint density at radius 2 is 1.47 bits per heavy atom. The van der Waals surface area contributed by atoms with Crippen molar-refractivity contribution in [2.45, 2.75) is 0 Å². The molecule has 1 aromatic heterocycles. The molecule has 19 heavy (non-hydrogen) atoms. The summed E-state index contributed by atoms with van der Waals surface area (Å²) in [6, 6.07) is 9.47. The maximum absolute atomic E-state index is 12.0. The van der Waals surface area contributed by atoms with Crippen molar-refractivity contribution in [3.63, 3.8) is 0 Å². The number of hydrogen-bond donors (Lipinski definition) is 0. The van der Waals surface area contributed by atoms with E-state index in [-0.39, 0.29) is 0 Å². The topological polar surface area (TPSA) is 71.0 Å². The lowest BCUT2D eigenvalue weighted by atomic mass is 10.0. The van der Waals surface area contributed by atoms with E-state index in [1.807, 2.05) is 30.3 Å². The predicted molar refractivity (Wildman–Crippen MR) is 63.4 cm³/mol. The first-order chi connectivity index (χ1) is 9.25. The van der Waals surface area contributed by atoms with Gasteiger partial charge in [-0.15, -0.1) is 0 Å². The molecule has 0 aliphatic carbocycles. The van der Waals surface area contributed by atoms with Crippen LogP contribution in [0.5, 0.6) is 17.2 Å². The van der Waals surface area contributed by atoms with Crippen LogP contribution in [0, 0.1) is 0 Å². The number of rotatable bonds is 1. The molecule has 0 spiro atoms. The summed E-state index contributed by atoms with van der Waals surface area (Å²) in [5.74, 6) is 1.01. The minimum atomic E-state index is -3.54. The van der Waals surface area contributed by atoms with Gasteiger partial charge in [0.2, 0.25) is 17.1 Å². The molecule has 2 aliphatic rings. The fraction of sp³-hybridized carbons (Fsp3) is 0. The molecule has 1 atom stereocenters. The molecule has 3 aromatic rings. The molecule has 94 valence electrons. The zero-order chi connectivity index (χ0) is 12.6. The molecule has 1 unspecified atom stereocenters. The second-order valence-corrected chi connectivity index (χ2v) is 5.72. The zero-order valence-electron chi connectivity index (χ0n) is 9.28. The number of fused-ring (bicyclic) bond motifs is 3. The van der Waals surface area contributed by atoms with E-state index in [2.05, 4.69) is 0 Å². The molecule has 7 heteroatoms. The van der Waals surface area contributed by atoms with Gasteiger partial charge in [0.05, 0.1) is 5.56 Å². The van der Waals surface area contributed by atoms with Crippen LogP contribution in [0.15, 0.2) is 39.5 Å². The summed E-state index contributed by atoms with van der Waals surface area (Å²) in [7, 11) is -3.54. The van der Waals surface area contributed by atoms with E-state index < -0.39 is 7.82 Å². The van der Waals surface area contributed by atoms with Gasteiger partial charge >= 0.3 is 7.82 Å². The minimum absolute atomic E-state index is 0.297. The molecule has 0 saturated heterocycles. The van der Waals surface area contributed by atoms with Gasteiger partial charge in [0.15, 0.2) is 5.75 Å². The highest BCUT2D eigenvalue weighted by Crippen LogP contribution is 2.73. The standard InChI is InChI=1S/C12H5O6P/c13-19-16-9-7(6-4-2-1-3-5-6)8-10(15-14-8)12(18-19)11(9)17-19/h1-5H. The molecule has 0 amide bonds. The number of phosphoric ester groups is 1. The van der Waals surface area contributed by atoms with Crippen molar-refractivity contribution in [1.29, 1.82) is 0 Å². The number of phosphoric acid groups is 1. The monoisotopic (exact) mass is 276 g/mol. The third-order valence-electron chi connectivity index (χ3n) is 3.16. The van der Waals surface area contributed by atoms with Crippen LogP contribution in [0.2, 0.25) is 0 Å². The van der Waals surface area contributed by atoms with Crippen LogP contribution in [-0.2, 0) is 4.57 Å². The molecule has 0 radical (unpaired) electrons. The SMILES string of the molecule is O=P12Oc3c(c(-c4ccccc4)c4ooc4c3O1)O2. The van der Waals surface area contributed by atoms with E-state index >= 15 is 0 Å². The lowest BCUT2D eigenvalue weighted by Crippen LogP contribution is -2.00. The lowest BCUT2D eigenvalue weighted by molar-refractivity contribution is 0.0575. The van der Waals surface area contributed by atoms with Crippen molar-refractivity contribution in [3.05, 3.63) is 30.3 Å². The summed E-state index contributed by atoms with van der Waals surface area (Å²) in [4.78, 5) is 0. The molecule has 5 rings (SSSR count). The highest BCUT2D eigenvalue weighted by molar-refractivity contribution is 7.50. The van der Waals surface area contributed by atoms with E-state index in [9.17, 15) is 4.57 Å². The molecule has 2 aromatic carbocycles. The highest BCUT2D eigenvalue weighted by atomic mass is 31.2. The normalized spacial score (nSPS) is 22.3. The van der Waals surface area contributed by atoms with E-state index in [4.69, 9.17) is 22.7 Å². The Labute approximate surface area is 106 Å². The Morgan fingerprint density at radius 3 is 2.16 bits per heavy atom. The molecule has 0 fully saturated rings. The number of benzene rings is 2. The van der Waals surface area contributed by atoms with Crippen LogP contribution in [-0.4, -0.2) is 0 Å². The van der Waals surface area contributed by atoms with Crippen LogP contribution in [0.25, 0.3) is 22.3 Å². The van der Waals surface area contributed by atoms with Crippen molar-refractivity contribution >= 4 is 19.0 Å². The van der Waals surface area contributed by atoms with Gasteiger partial charge in [0, 0.05) is 0 Å². The van der Waals surface area contributed by atoms with Gasteiger partial charge in [-0.2, -0.15) is 4.57 Å². The summed E-state index contributed by atoms with van der Waals surface area (Å²) >= 11 is 0. The van der Waals surface area contributed by atoms with Crippen LogP contribution in [0.4, 0.5) is 0 Å².